The molecule has 1 amide bonds. The summed E-state index contributed by atoms with van der Waals surface area (Å²) < 4.78 is 5.18. The van der Waals surface area contributed by atoms with E-state index in [2.05, 4.69) is 22.8 Å². The Bertz CT molecular complexity index is 466. The highest BCUT2D eigenvalue weighted by molar-refractivity contribution is 5.78. The number of ether oxygens (including phenoxy) is 1. The maximum absolute atomic E-state index is 11.1. The van der Waals surface area contributed by atoms with E-state index in [-0.39, 0.29) is 5.91 Å². The van der Waals surface area contributed by atoms with Crippen LogP contribution in [-0.2, 0) is 4.79 Å². The van der Waals surface area contributed by atoms with Crippen LogP contribution in [-0.4, -0.2) is 31.6 Å². The number of rotatable bonds is 5. The van der Waals surface area contributed by atoms with E-state index in [0.29, 0.717) is 24.4 Å². The van der Waals surface area contributed by atoms with Gasteiger partial charge < -0.3 is 15.4 Å². The van der Waals surface area contributed by atoms with E-state index >= 15 is 0 Å². The van der Waals surface area contributed by atoms with E-state index in [0.717, 1.165) is 18.7 Å². The smallest absolute Gasteiger partial charge is 0.220 e. The van der Waals surface area contributed by atoms with Gasteiger partial charge in [0.1, 0.15) is 5.75 Å². The number of benzene rings is 1. The molecule has 1 saturated carbocycles. The Balaban J connectivity index is 1.40. The highest BCUT2D eigenvalue weighted by Gasteiger charge is 2.31. The minimum absolute atomic E-state index is 0.196. The summed E-state index contributed by atoms with van der Waals surface area (Å²) in [7, 11) is 1.69. The molecule has 2 N–H and O–H groups in total. The van der Waals surface area contributed by atoms with Crippen LogP contribution < -0.4 is 15.4 Å². The Morgan fingerprint density at radius 3 is 2.65 bits per heavy atom. The molecule has 0 radical (unpaired) electrons. The molecule has 1 heterocycles. The van der Waals surface area contributed by atoms with Gasteiger partial charge in [0, 0.05) is 25.0 Å². The zero-order chi connectivity index (χ0) is 13.9. The summed E-state index contributed by atoms with van der Waals surface area (Å²) >= 11 is 0. The van der Waals surface area contributed by atoms with Gasteiger partial charge in [0.15, 0.2) is 0 Å². The maximum atomic E-state index is 11.1. The van der Waals surface area contributed by atoms with Crippen molar-refractivity contribution in [2.45, 2.75) is 43.7 Å². The summed E-state index contributed by atoms with van der Waals surface area (Å²) in [5.41, 5.74) is 1.40. The fraction of sp³-hybridized carbons (Fsp3) is 0.562. The molecular formula is C16H22N2O2. The van der Waals surface area contributed by atoms with Crippen molar-refractivity contribution >= 4 is 5.91 Å². The van der Waals surface area contributed by atoms with Crippen LogP contribution in [0, 0.1) is 0 Å². The first-order chi connectivity index (χ1) is 9.74. The van der Waals surface area contributed by atoms with Crippen molar-refractivity contribution in [3.63, 3.8) is 0 Å². The second-order valence-electron chi connectivity index (χ2n) is 5.85. The molecule has 4 nitrogen and oxygen atoms in total. The van der Waals surface area contributed by atoms with Crippen molar-refractivity contribution in [2.75, 3.05) is 13.7 Å². The minimum Gasteiger partial charge on any atom is -0.497 e. The van der Waals surface area contributed by atoms with Crippen LogP contribution in [0.2, 0.25) is 0 Å². The summed E-state index contributed by atoms with van der Waals surface area (Å²) in [6.45, 7) is 0.908. The lowest BCUT2D eigenvalue weighted by molar-refractivity contribution is -0.119. The lowest BCUT2D eigenvalue weighted by Crippen LogP contribution is -2.45. The average molecular weight is 274 g/mol. The largest absolute Gasteiger partial charge is 0.497 e. The molecule has 108 valence electrons. The van der Waals surface area contributed by atoms with Crippen LogP contribution in [0.5, 0.6) is 5.75 Å². The molecule has 1 aliphatic heterocycles. The number of carbonyl (C=O) groups excluding carboxylic acids is 1. The molecule has 3 rings (SSSR count). The topological polar surface area (TPSA) is 50.4 Å². The molecule has 1 saturated heterocycles. The van der Waals surface area contributed by atoms with E-state index in [1.165, 1.54) is 18.4 Å². The molecular weight excluding hydrogens is 252 g/mol. The number of hydrogen-bond acceptors (Lipinski definition) is 3. The molecule has 4 heteroatoms. The van der Waals surface area contributed by atoms with E-state index in [1.807, 2.05) is 12.1 Å². The van der Waals surface area contributed by atoms with Gasteiger partial charge in [0.05, 0.1) is 7.11 Å². The van der Waals surface area contributed by atoms with Crippen molar-refractivity contribution in [1.29, 1.82) is 0 Å². The molecule has 0 spiro atoms. The van der Waals surface area contributed by atoms with Crippen molar-refractivity contribution < 1.29 is 9.53 Å². The standard InChI is InChI=1S/C16H22N2O2/c1-20-15-5-2-11(3-6-15)12-8-14(9-12)17-10-13-4-7-16(19)18-13/h2-3,5-6,12-14,17H,4,7-10H2,1H3,(H,18,19). The Morgan fingerprint density at radius 2 is 2.05 bits per heavy atom. The highest BCUT2D eigenvalue weighted by Crippen LogP contribution is 2.37. The Hall–Kier alpha value is -1.55. The van der Waals surface area contributed by atoms with E-state index in [4.69, 9.17) is 4.74 Å². The van der Waals surface area contributed by atoms with Crippen LogP contribution in [0.15, 0.2) is 24.3 Å². The summed E-state index contributed by atoms with van der Waals surface area (Å²) in [4.78, 5) is 11.1. The van der Waals surface area contributed by atoms with Crippen LogP contribution in [0.4, 0.5) is 0 Å². The Morgan fingerprint density at radius 1 is 1.30 bits per heavy atom. The molecule has 1 aromatic carbocycles. The predicted molar refractivity (Wildman–Crippen MR) is 77.9 cm³/mol. The van der Waals surface area contributed by atoms with Crippen molar-refractivity contribution in [3.8, 4) is 5.75 Å². The third-order valence-electron chi connectivity index (χ3n) is 4.46. The summed E-state index contributed by atoms with van der Waals surface area (Å²) in [5.74, 6) is 1.78. The third kappa shape index (κ3) is 2.96. The first kappa shape index (κ1) is 13.4. The fourth-order valence-corrected chi connectivity index (χ4v) is 3.07. The average Bonchev–Trinajstić information content (AvgIpc) is 2.83. The number of amides is 1. The van der Waals surface area contributed by atoms with Crippen LogP contribution >= 0.6 is 0 Å². The molecule has 1 aromatic rings. The Labute approximate surface area is 119 Å². The summed E-state index contributed by atoms with van der Waals surface area (Å²) in [6, 6.07) is 9.32. The Kier molecular flexibility index (Phi) is 3.92. The van der Waals surface area contributed by atoms with Gasteiger partial charge in [-0.15, -0.1) is 0 Å². The van der Waals surface area contributed by atoms with Gasteiger partial charge in [0.2, 0.25) is 5.91 Å². The number of hydrogen-bond donors (Lipinski definition) is 2. The molecule has 0 bridgehead atoms. The van der Waals surface area contributed by atoms with Gasteiger partial charge >= 0.3 is 0 Å². The molecule has 20 heavy (non-hydrogen) atoms. The summed E-state index contributed by atoms with van der Waals surface area (Å²) in [5, 5.41) is 6.56. The zero-order valence-electron chi connectivity index (χ0n) is 11.9. The van der Waals surface area contributed by atoms with E-state index < -0.39 is 0 Å². The van der Waals surface area contributed by atoms with E-state index in [9.17, 15) is 4.79 Å². The lowest BCUT2D eigenvalue weighted by atomic mass is 9.76. The third-order valence-corrected chi connectivity index (χ3v) is 4.46. The number of carbonyl (C=O) groups is 1. The van der Waals surface area contributed by atoms with Gasteiger partial charge in [-0.25, -0.2) is 0 Å². The van der Waals surface area contributed by atoms with E-state index in [1.54, 1.807) is 7.11 Å². The monoisotopic (exact) mass is 274 g/mol. The van der Waals surface area contributed by atoms with Gasteiger partial charge in [-0.2, -0.15) is 0 Å². The first-order valence-corrected chi connectivity index (χ1v) is 7.41. The summed E-state index contributed by atoms with van der Waals surface area (Å²) in [6.07, 6.45) is 4.03. The first-order valence-electron chi connectivity index (χ1n) is 7.41. The predicted octanol–water partition coefficient (Wildman–Crippen LogP) is 1.81. The number of nitrogens with one attached hydrogen (secondary N) is 2. The van der Waals surface area contributed by atoms with Crippen molar-refractivity contribution in [1.82, 2.24) is 10.6 Å². The molecule has 1 atom stereocenters. The normalized spacial score (nSPS) is 28.9. The van der Waals surface area contributed by atoms with Crippen molar-refractivity contribution in [2.24, 2.45) is 0 Å². The molecule has 1 aliphatic carbocycles. The highest BCUT2D eigenvalue weighted by atomic mass is 16.5. The minimum atomic E-state index is 0.196. The maximum Gasteiger partial charge on any atom is 0.220 e. The quantitative estimate of drug-likeness (QED) is 0.861. The van der Waals surface area contributed by atoms with Gasteiger partial charge in [0.25, 0.3) is 0 Å². The van der Waals surface area contributed by atoms with Gasteiger partial charge in [-0.05, 0) is 42.9 Å². The van der Waals surface area contributed by atoms with Gasteiger partial charge in [-0.1, -0.05) is 12.1 Å². The second-order valence-corrected chi connectivity index (χ2v) is 5.85. The number of methoxy groups -OCH3 is 1. The zero-order valence-corrected chi connectivity index (χ0v) is 11.9. The van der Waals surface area contributed by atoms with Gasteiger partial charge in [-0.3, -0.25) is 4.79 Å². The van der Waals surface area contributed by atoms with Crippen molar-refractivity contribution in [3.05, 3.63) is 29.8 Å². The van der Waals surface area contributed by atoms with Crippen LogP contribution in [0.3, 0.4) is 0 Å². The second kappa shape index (κ2) is 5.83. The molecule has 2 fully saturated rings. The molecule has 2 aliphatic rings. The lowest BCUT2D eigenvalue weighted by Gasteiger charge is -2.37. The fourth-order valence-electron chi connectivity index (χ4n) is 3.07. The molecule has 1 unspecified atom stereocenters. The molecule has 0 aromatic heterocycles. The van der Waals surface area contributed by atoms with Crippen LogP contribution in [0.25, 0.3) is 0 Å². The SMILES string of the molecule is COc1ccc(C2CC(NCC3CCC(=O)N3)C2)cc1. The van der Waals surface area contributed by atoms with Crippen LogP contribution in [0.1, 0.15) is 37.2 Å².